The number of aromatic nitrogens is 2. The normalized spacial score (nSPS) is 16.9. The fourth-order valence-corrected chi connectivity index (χ4v) is 5.42. The number of hydrogen-bond donors (Lipinski definition) is 1. The summed E-state index contributed by atoms with van der Waals surface area (Å²) in [6.07, 6.45) is 2.97. The molecule has 2 bridgehead atoms. The highest BCUT2D eigenvalue weighted by molar-refractivity contribution is 6.38. The molecule has 33 heavy (non-hydrogen) atoms. The van der Waals surface area contributed by atoms with E-state index in [9.17, 15) is 4.79 Å². The molecule has 4 heterocycles. The maximum Gasteiger partial charge on any atom is 0.255 e. The molecule has 0 spiro atoms. The second-order valence-electron chi connectivity index (χ2n) is 8.13. The summed E-state index contributed by atoms with van der Waals surface area (Å²) in [5.74, 6) is 0.746. The van der Waals surface area contributed by atoms with Crippen LogP contribution in [0.3, 0.4) is 0 Å². The third kappa shape index (κ3) is 3.31. The average molecular weight is 496 g/mol. The quantitative estimate of drug-likeness (QED) is 0.377. The number of rotatable bonds is 3. The Morgan fingerprint density at radius 3 is 2.39 bits per heavy atom. The molecule has 2 aliphatic rings. The van der Waals surface area contributed by atoms with Gasteiger partial charge in [-0.2, -0.15) is 0 Å². The molecule has 0 saturated carbocycles. The van der Waals surface area contributed by atoms with Crippen LogP contribution >= 0.6 is 34.8 Å². The van der Waals surface area contributed by atoms with E-state index in [0.29, 0.717) is 38.0 Å². The predicted molar refractivity (Wildman–Crippen MR) is 135 cm³/mol. The van der Waals surface area contributed by atoms with Gasteiger partial charge in [0.1, 0.15) is 5.82 Å². The largest absolute Gasteiger partial charge is 0.385 e. The van der Waals surface area contributed by atoms with Crippen molar-refractivity contribution in [3.63, 3.8) is 0 Å². The molecule has 1 fully saturated rings. The molecule has 164 valence electrons. The Morgan fingerprint density at radius 1 is 0.939 bits per heavy atom. The van der Waals surface area contributed by atoms with Crippen LogP contribution in [-0.4, -0.2) is 22.1 Å². The van der Waals surface area contributed by atoms with E-state index in [1.54, 1.807) is 28.8 Å². The highest BCUT2D eigenvalue weighted by Crippen LogP contribution is 2.39. The topological polar surface area (TPSA) is 50.2 Å². The Hall–Kier alpha value is -2.99. The summed E-state index contributed by atoms with van der Waals surface area (Å²) in [6, 6.07) is 18.4. The van der Waals surface area contributed by atoms with Crippen molar-refractivity contribution in [1.82, 2.24) is 14.9 Å². The van der Waals surface area contributed by atoms with Crippen molar-refractivity contribution in [2.24, 2.45) is 0 Å². The molecule has 8 heteroatoms. The van der Waals surface area contributed by atoms with E-state index >= 15 is 0 Å². The molecule has 6 rings (SSSR count). The lowest BCUT2D eigenvalue weighted by atomic mass is 10.1. The first-order valence-corrected chi connectivity index (χ1v) is 11.6. The van der Waals surface area contributed by atoms with Gasteiger partial charge in [0.25, 0.3) is 5.56 Å². The summed E-state index contributed by atoms with van der Waals surface area (Å²) in [6.45, 7) is 0.802. The van der Waals surface area contributed by atoms with Gasteiger partial charge >= 0.3 is 0 Å². The summed E-state index contributed by atoms with van der Waals surface area (Å²) in [5, 5.41) is 5.51. The summed E-state index contributed by atoms with van der Waals surface area (Å²) < 4.78 is 1.56. The number of anilines is 1. The van der Waals surface area contributed by atoms with Crippen molar-refractivity contribution in [3.05, 3.63) is 98.0 Å². The molecule has 5 nitrogen and oxygen atoms in total. The summed E-state index contributed by atoms with van der Waals surface area (Å²) in [5.41, 5.74) is 3.52. The number of pyridine rings is 2. The second-order valence-corrected chi connectivity index (χ2v) is 9.35. The van der Waals surface area contributed by atoms with Crippen LogP contribution in [0.5, 0.6) is 0 Å². The second kappa shape index (κ2) is 7.80. The molecule has 2 aliphatic heterocycles. The van der Waals surface area contributed by atoms with Gasteiger partial charge in [0.2, 0.25) is 0 Å². The van der Waals surface area contributed by atoms with Crippen LogP contribution in [0.1, 0.15) is 6.42 Å². The number of fused-ring (bicyclic) bond motifs is 3. The van der Waals surface area contributed by atoms with E-state index in [2.05, 4.69) is 10.2 Å². The molecule has 2 aromatic carbocycles. The molecule has 1 unspecified atom stereocenters. The van der Waals surface area contributed by atoms with Crippen LogP contribution in [0.4, 0.5) is 5.82 Å². The van der Waals surface area contributed by atoms with Gasteiger partial charge < -0.3 is 10.2 Å². The van der Waals surface area contributed by atoms with E-state index < -0.39 is 0 Å². The van der Waals surface area contributed by atoms with Crippen LogP contribution in [-0.2, 0) is 0 Å². The van der Waals surface area contributed by atoms with Crippen LogP contribution in [0, 0.1) is 0 Å². The first kappa shape index (κ1) is 20.6. The Bertz CT molecular complexity index is 1510. The maximum atomic E-state index is 13.2. The van der Waals surface area contributed by atoms with Gasteiger partial charge in [-0.15, -0.1) is 0 Å². The molecule has 1 atom stereocenters. The van der Waals surface area contributed by atoms with Crippen LogP contribution in [0.25, 0.3) is 27.8 Å². The first-order valence-electron chi connectivity index (χ1n) is 10.5. The molecular formula is C25H17Cl3N4O. The SMILES string of the molecule is O=c1ccc2c(-c3ccccc3Cl)nc(N3CC4CC3=CN4)cc2n1-c1c(Cl)cccc1Cl. The number of nitrogens with zero attached hydrogens (tertiary/aromatic N) is 3. The van der Waals surface area contributed by atoms with Gasteiger partial charge in [-0.3, -0.25) is 9.36 Å². The fourth-order valence-electron chi connectivity index (χ4n) is 4.62. The monoisotopic (exact) mass is 494 g/mol. The lowest BCUT2D eigenvalue weighted by Gasteiger charge is -2.25. The van der Waals surface area contributed by atoms with E-state index in [0.717, 1.165) is 35.4 Å². The predicted octanol–water partition coefficient (Wildman–Crippen LogP) is 6.04. The van der Waals surface area contributed by atoms with E-state index in [1.165, 1.54) is 6.07 Å². The van der Waals surface area contributed by atoms with Crippen LogP contribution in [0.2, 0.25) is 15.1 Å². The average Bonchev–Trinajstić information content (AvgIpc) is 3.44. The summed E-state index contributed by atoms with van der Waals surface area (Å²) >= 11 is 19.6. The zero-order valence-corrected chi connectivity index (χ0v) is 19.5. The fraction of sp³-hybridized carbons (Fsp3) is 0.120. The minimum Gasteiger partial charge on any atom is -0.385 e. The number of benzene rings is 2. The van der Waals surface area contributed by atoms with Crippen LogP contribution < -0.4 is 15.8 Å². The maximum absolute atomic E-state index is 13.2. The molecule has 0 aliphatic carbocycles. The standard InChI is InChI=1S/C25H17Cl3N4O/c26-18-5-2-1-4-16(18)24-17-8-9-23(33)32(25-19(27)6-3-7-20(25)28)21(17)11-22(30-24)31-13-14-10-15(31)12-29-14/h1-9,11-12,14,29H,10,13H2. The van der Waals surface area contributed by atoms with Gasteiger partial charge in [-0.1, -0.05) is 59.1 Å². The lowest BCUT2D eigenvalue weighted by molar-refractivity contribution is 0.666. The van der Waals surface area contributed by atoms with Gasteiger partial charge in [-0.25, -0.2) is 4.98 Å². The van der Waals surface area contributed by atoms with E-state index in [-0.39, 0.29) is 5.56 Å². The minimum atomic E-state index is -0.233. The number of nitrogens with one attached hydrogen (secondary N) is 1. The van der Waals surface area contributed by atoms with Crippen molar-refractivity contribution in [3.8, 4) is 16.9 Å². The zero-order valence-electron chi connectivity index (χ0n) is 17.2. The van der Waals surface area contributed by atoms with Gasteiger partial charge in [-0.05, 0) is 24.3 Å². The highest BCUT2D eigenvalue weighted by Gasteiger charge is 2.33. The first-order chi connectivity index (χ1) is 16.0. The van der Waals surface area contributed by atoms with Gasteiger partial charge in [0, 0.05) is 59.0 Å². The third-order valence-electron chi connectivity index (χ3n) is 6.13. The van der Waals surface area contributed by atoms with Crippen molar-refractivity contribution in [2.45, 2.75) is 12.5 Å². The lowest BCUT2D eigenvalue weighted by Crippen LogP contribution is -2.32. The Balaban J connectivity index is 1.72. The smallest absolute Gasteiger partial charge is 0.255 e. The van der Waals surface area contributed by atoms with Crippen LogP contribution in [0.15, 0.2) is 77.4 Å². The molecule has 2 aromatic heterocycles. The van der Waals surface area contributed by atoms with Crippen molar-refractivity contribution in [2.75, 3.05) is 11.4 Å². The molecule has 0 radical (unpaired) electrons. The Labute approximate surface area is 204 Å². The van der Waals surface area contributed by atoms with Crippen molar-refractivity contribution < 1.29 is 0 Å². The summed E-state index contributed by atoms with van der Waals surface area (Å²) in [4.78, 5) is 20.4. The molecule has 1 saturated heterocycles. The van der Waals surface area contributed by atoms with Gasteiger partial charge in [0.05, 0.1) is 26.9 Å². The third-order valence-corrected chi connectivity index (χ3v) is 7.07. The minimum absolute atomic E-state index is 0.233. The number of hydrogen-bond acceptors (Lipinski definition) is 4. The van der Waals surface area contributed by atoms with E-state index in [4.69, 9.17) is 39.8 Å². The highest BCUT2D eigenvalue weighted by atomic mass is 35.5. The molecular weight excluding hydrogens is 479 g/mol. The van der Waals surface area contributed by atoms with E-state index in [1.807, 2.05) is 36.5 Å². The summed E-state index contributed by atoms with van der Waals surface area (Å²) in [7, 11) is 0. The molecule has 4 aromatic rings. The Morgan fingerprint density at radius 2 is 1.70 bits per heavy atom. The molecule has 1 N–H and O–H groups in total. The van der Waals surface area contributed by atoms with Crippen molar-refractivity contribution >= 4 is 51.5 Å². The Kier molecular flexibility index (Phi) is 4.87. The van der Waals surface area contributed by atoms with Gasteiger partial charge in [0.15, 0.2) is 0 Å². The zero-order chi connectivity index (χ0) is 22.7. The number of para-hydroxylation sites is 1. The molecule has 0 amide bonds. The number of halogens is 3. The van der Waals surface area contributed by atoms with Crippen molar-refractivity contribution in [1.29, 1.82) is 0 Å².